The summed E-state index contributed by atoms with van der Waals surface area (Å²) in [5, 5.41) is 3.99. The highest BCUT2D eigenvalue weighted by Crippen LogP contribution is 2.16. The van der Waals surface area contributed by atoms with Gasteiger partial charge in [0.2, 0.25) is 5.89 Å². The molecule has 0 saturated heterocycles. The van der Waals surface area contributed by atoms with Crippen LogP contribution in [0.4, 0.5) is 0 Å². The van der Waals surface area contributed by atoms with E-state index in [4.69, 9.17) is 15.0 Å². The number of nitrogens with two attached hydrogens (primary N) is 1. The number of ether oxygens (including phenoxy) is 1. The molecule has 0 bridgehead atoms. The van der Waals surface area contributed by atoms with Crippen molar-refractivity contribution in [2.45, 2.75) is 77.7 Å². The van der Waals surface area contributed by atoms with Crippen LogP contribution in [0.5, 0.6) is 0 Å². The molecule has 0 amide bonds. The maximum absolute atomic E-state index is 6.15. The fourth-order valence-corrected chi connectivity index (χ4v) is 2.20. The molecule has 1 unspecified atom stereocenters. The molecule has 21 heavy (non-hydrogen) atoms. The second-order valence-corrected chi connectivity index (χ2v) is 5.94. The van der Waals surface area contributed by atoms with Crippen molar-refractivity contribution < 1.29 is 9.26 Å². The monoisotopic (exact) mass is 297 g/mol. The van der Waals surface area contributed by atoms with Crippen LogP contribution in [0.25, 0.3) is 0 Å². The molecule has 1 rings (SSSR count). The summed E-state index contributed by atoms with van der Waals surface area (Å²) >= 11 is 0. The Morgan fingerprint density at radius 1 is 1.10 bits per heavy atom. The highest BCUT2D eigenvalue weighted by molar-refractivity contribution is 5.01. The number of aryl methyl sites for hydroxylation is 1. The summed E-state index contributed by atoms with van der Waals surface area (Å²) in [6.45, 7) is 7.09. The average molecular weight is 297 g/mol. The van der Waals surface area contributed by atoms with Crippen molar-refractivity contribution in [3.8, 4) is 0 Å². The van der Waals surface area contributed by atoms with E-state index in [0.717, 1.165) is 12.8 Å². The van der Waals surface area contributed by atoms with Crippen molar-refractivity contribution in [3.05, 3.63) is 11.7 Å². The minimum absolute atomic E-state index is 0.403. The molecule has 0 aliphatic heterocycles. The van der Waals surface area contributed by atoms with E-state index in [1.54, 1.807) is 0 Å². The molecule has 2 N–H and O–H groups in total. The van der Waals surface area contributed by atoms with Gasteiger partial charge >= 0.3 is 0 Å². The number of hydrogen-bond donors (Lipinski definition) is 1. The van der Waals surface area contributed by atoms with Crippen LogP contribution < -0.4 is 5.73 Å². The van der Waals surface area contributed by atoms with Gasteiger partial charge in [-0.1, -0.05) is 50.6 Å². The first-order valence-electron chi connectivity index (χ1n) is 8.29. The fourth-order valence-electron chi connectivity index (χ4n) is 2.20. The predicted octanol–water partition coefficient (Wildman–Crippen LogP) is 3.57. The first-order chi connectivity index (χ1) is 10.1. The quantitative estimate of drug-likeness (QED) is 0.597. The largest absolute Gasteiger partial charge is 0.379 e. The molecule has 1 atom stereocenters. The van der Waals surface area contributed by atoms with Gasteiger partial charge in [-0.05, 0) is 20.3 Å². The van der Waals surface area contributed by atoms with Crippen molar-refractivity contribution in [2.24, 2.45) is 5.73 Å². The van der Waals surface area contributed by atoms with Crippen molar-refractivity contribution in [1.82, 2.24) is 10.1 Å². The summed E-state index contributed by atoms with van der Waals surface area (Å²) in [5.74, 6) is 1.22. The van der Waals surface area contributed by atoms with Gasteiger partial charge < -0.3 is 15.0 Å². The summed E-state index contributed by atoms with van der Waals surface area (Å²) in [6, 6.07) is 0. The lowest BCUT2D eigenvalue weighted by Gasteiger charge is -2.19. The summed E-state index contributed by atoms with van der Waals surface area (Å²) in [7, 11) is 0. The highest BCUT2D eigenvalue weighted by atomic mass is 16.5. The van der Waals surface area contributed by atoms with Crippen LogP contribution in [-0.2, 0) is 16.7 Å². The van der Waals surface area contributed by atoms with E-state index in [0.29, 0.717) is 24.9 Å². The van der Waals surface area contributed by atoms with Gasteiger partial charge in [0.1, 0.15) is 5.54 Å². The lowest BCUT2D eigenvalue weighted by Crippen LogP contribution is -2.39. The van der Waals surface area contributed by atoms with Crippen LogP contribution >= 0.6 is 0 Å². The maximum Gasteiger partial charge on any atom is 0.226 e. The Morgan fingerprint density at radius 3 is 2.43 bits per heavy atom. The van der Waals surface area contributed by atoms with Gasteiger partial charge in [0, 0.05) is 13.0 Å². The molecule has 0 aliphatic carbocycles. The number of unbranched alkanes of at least 4 members (excludes halogenated alkanes) is 6. The third kappa shape index (κ3) is 7.05. The van der Waals surface area contributed by atoms with Crippen LogP contribution in [0, 0.1) is 0 Å². The first kappa shape index (κ1) is 18.1. The van der Waals surface area contributed by atoms with Crippen LogP contribution in [-0.4, -0.2) is 23.4 Å². The lowest BCUT2D eigenvalue weighted by molar-refractivity contribution is 0.0962. The van der Waals surface area contributed by atoms with Crippen molar-refractivity contribution in [1.29, 1.82) is 0 Å². The Balaban J connectivity index is 2.25. The Hall–Kier alpha value is -0.940. The molecule has 1 heterocycles. The molecule has 0 radical (unpaired) electrons. The molecule has 5 nitrogen and oxygen atoms in total. The van der Waals surface area contributed by atoms with E-state index >= 15 is 0 Å². The summed E-state index contributed by atoms with van der Waals surface area (Å²) in [6.07, 6.45) is 9.78. The summed E-state index contributed by atoms with van der Waals surface area (Å²) in [4.78, 5) is 4.40. The second kappa shape index (κ2) is 9.90. The van der Waals surface area contributed by atoms with E-state index in [9.17, 15) is 0 Å². The van der Waals surface area contributed by atoms with E-state index in [1.807, 2.05) is 13.8 Å². The zero-order chi connectivity index (χ0) is 15.6. The standard InChI is InChI=1S/C16H31N3O2/c1-4-6-7-8-9-10-11-12-14-18-15(19-21-14)16(3,17)13-20-5-2/h4-13,17H2,1-3H3. The Morgan fingerprint density at radius 2 is 1.76 bits per heavy atom. The molecular formula is C16H31N3O2. The molecule has 1 aromatic rings. The average Bonchev–Trinajstić information content (AvgIpc) is 2.94. The molecule has 0 spiro atoms. The maximum atomic E-state index is 6.15. The third-order valence-electron chi connectivity index (χ3n) is 3.58. The van der Waals surface area contributed by atoms with Crippen LogP contribution in [0.2, 0.25) is 0 Å². The van der Waals surface area contributed by atoms with E-state index in [-0.39, 0.29) is 0 Å². The highest BCUT2D eigenvalue weighted by Gasteiger charge is 2.27. The van der Waals surface area contributed by atoms with Crippen molar-refractivity contribution >= 4 is 0 Å². The molecule has 0 fully saturated rings. The van der Waals surface area contributed by atoms with Crippen LogP contribution in [0.15, 0.2) is 4.52 Å². The normalized spacial score (nSPS) is 14.3. The molecule has 1 aromatic heterocycles. The Labute approximate surface area is 128 Å². The van der Waals surface area contributed by atoms with Crippen molar-refractivity contribution in [3.63, 3.8) is 0 Å². The van der Waals surface area contributed by atoms with Crippen LogP contribution in [0.1, 0.15) is 77.4 Å². The molecule has 122 valence electrons. The topological polar surface area (TPSA) is 74.2 Å². The summed E-state index contributed by atoms with van der Waals surface area (Å²) < 4.78 is 10.6. The minimum atomic E-state index is -0.683. The minimum Gasteiger partial charge on any atom is -0.379 e. The zero-order valence-corrected chi connectivity index (χ0v) is 13.9. The van der Waals surface area contributed by atoms with Gasteiger partial charge in [-0.3, -0.25) is 0 Å². The van der Waals surface area contributed by atoms with Gasteiger partial charge in [0.15, 0.2) is 5.82 Å². The molecule has 0 aliphatic rings. The van der Waals surface area contributed by atoms with Gasteiger partial charge in [0.25, 0.3) is 0 Å². The van der Waals surface area contributed by atoms with Gasteiger partial charge in [0.05, 0.1) is 6.61 Å². The SMILES string of the molecule is CCCCCCCCCc1nc(C(C)(N)COCC)no1. The number of nitrogens with zero attached hydrogens (tertiary/aromatic N) is 2. The van der Waals surface area contributed by atoms with E-state index in [1.165, 1.54) is 38.5 Å². The summed E-state index contributed by atoms with van der Waals surface area (Å²) in [5.41, 5.74) is 5.47. The predicted molar refractivity (Wildman–Crippen MR) is 84.0 cm³/mol. The first-order valence-corrected chi connectivity index (χ1v) is 8.29. The van der Waals surface area contributed by atoms with Crippen molar-refractivity contribution in [2.75, 3.05) is 13.2 Å². The van der Waals surface area contributed by atoms with Gasteiger partial charge in [-0.2, -0.15) is 4.98 Å². The zero-order valence-electron chi connectivity index (χ0n) is 13.9. The number of hydrogen-bond acceptors (Lipinski definition) is 5. The molecule has 0 aromatic carbocycles. The Bertz CT molecular complexity index is 377. The van der Waals surface area contributed by atoms with Crippen LogP contribution in [0.3, 0.4) is 0 Å². The Kier molecular flexibility index (Phi) is 8.54. The molecule has 5 heteroatoms. The molecular weight excluding hydrogens is 266 g/mol. The second-order valence-electron chi connectivity index (χ2n) is 5.94. The fraction of sp³-hybridized carbons (Fsp3) is 0.875. The van der Waals surface area contributed by atoms with E-state index in [2.05, 4.69) is 17.1 Å². The lowest BCUT2D eigenvalue weighted by atomic mass is 10.1. The third-order valence-corrected chi connectivity index (χ3v) is 3.58. The number of aromatic nitrogens is 2. The van der Waals surface area contributed by atoms with Gasteiger partial charge in [-0.25, -0.2) is 0 Å². The van der Waals surface area contributed by atoms with Gasteiger partial charge in [-0.15, -0.1) is 0 Å². The van der Waals surface area contributed by atoms with E-state index < -0.39 is 5.54 Å². The number of rotatable bonds is 12. The molecule has 0 saturated carbocycles. The smallest absolute Gasteiger partial charge is 0.226 e.